The van der Waals surface area contributed by atoms with Crippen LogP contribution in [0.1, 0.15) is 71.1 Å². The molecule has 1 rings (SSSR count). The monoisotopic (exact) mass is 266 g/mol. The molecule has 1 heterocycles. The average Bonchev–Trinajstić information content (AvgIpc) is 2.70. The molecule has 0 N–H and O–H groups in total. The van der Waals surface area contributed by atoms with Crippen LogP contribution in [0.15, 0.2) is 12.2 Å². The van der Waals surface area contributed by atoms with Gasteiger partial charge in [0.25, 0.3) is 0 Å². The van der Waals surface area contributed by atoms with E-state index in [0.29, 0.717) is 0 Å². The number of hydrogen-bond acceptors (Lipinski definition) is 3. The highest BCUT2D eigenvalue weighted by Gasteiger charge is 2.32. The Labute approximate surface area is 116 Å². The van der Waals surface area contributed by atoms with Gasteiger partial charge < -0.3 is 4.74 Å². The molecular formula is C16H26O3. The van der Waals surface area contributed by atoms with Crippen molar-refractivity contribution in [1.29, 1.82) is 0 Å². The van der Waals surface area contributed by atoms with Gasteiger partial charge in [-0.2, -0.15) is 0 Å². The predicted octanol–water partition coefficient (Wildman–Crippen LogP) is 4.16. The van der Waals surface area contributed by atoms with Crippen LogP contribution in [0.25, 0.3) is 0 Å². The first-order chi connectivity index (χ1) is 9.24. The number of esters is 2. The number of rotatable bonds is 10. The molecule has 19 heavy (non-hydrogen) atoms. The third kappa shape index (κ3) is 7.14. The van der Waals surface area contributed by atoms with Gasteiger partial charge in [-0.15, -0.1) is 0 Å². The second-order valence-corrected chi connectivity index (χ2v) is 5.30. The van der Waals surface area contributed by atoms with Gasteiger partial charge in [0.2, 0.25) is 0 Å². The van der Waals surface area contributed by atoms with E-state index in [-0.39, 0.29) is 24.3 Å². The van der Waals surface area contributed by atoms with Gasteiger partial charge in [0.05, 0.1) is 12.3 Å². The number of ether oxygens (including phenoxy) is 1. The Balaban J connectivity index is 1.93. The fourth-order valence-electron chi connectivity index (χ4n) is 2.32. The molecule has 0 aliphatic carbocycles. The number of unbranched alkanes of at least 4 members (excludes halogenated alkanes) is 6. The molecule has 0 saturated carbocycles. The van der Waals surface area contributed by atoms with E-state index in [1.54, 1.807) is 0 Å². The molecule has 1 aliphatic rings. The Morgan fingerprint density at radius 2 is 1.74 bits per heavy atom. The first-order valence-electron chi connectivity index (χ1n) is 7.63. The highest BCUT2D eigenvalue weighted by molar-refractivity contribution is 5.94. The van der Waals surface area contributed by atoms with Crippen LogP contribution >= 0.6 is 0 Å². The Kier molecular flexibility index (Phi) is 8.19. The van der Waals surface area contributed by atoms with E-state index in [1.165, 1.54) is 38.5 Å². The lowest BCUT2D eigenvalue weighted by atomic mass is 10.0. The zero-order chi connectivity index (χ0) is 13.9. The average molecular weight is 266 g/mol. The maximum Gasteiger partial charge on any atom is 0.317 e. The molecule has 3 nitrogen and oxygen atoms in total. The summed E-state index contributed by atoms with van der Waals surface area (Å²) >= 11 is 0. The van der Waals surface area contributed by atoms with Crippen molar-refractivity contribution in [2.75, 3.05) is 0 Å². The summed E-state index contributed by atoms with van der Waals surface area (Å²) in [7, 11) is 0. The standard InChI is InChI=1S/C16H26O3/c1-2-3-4-5-6-7-8-9-10-11-12-14-13-15(17)19-16(14)18/h9-10,14H,2-8,11-13H2,1H3/b10-9+. The Morgan fingerprint density at radius 3 is 2.42 bits per heavy atom. The molecule has 1 saturated heterocycles. The van der Waals surface area contributed by atoms with E-state index < -0.39 is 0 Å². The molecule has 0 amide bonds. The smallest absolute Gasteiger partial charge is 0.317 e. The van der Waals surface area contributed by atoms with E-state index in [1.807, 2.05) is 0 Å². The van der Waals surface area contributed by atoms with Gasteiger partial charge in [0, 0.05) is 0 Å². The summed E-state index contributed by atoms with van der Waals surface area (Å²) in [6, 6.07) is 0. The molecule has 1 fully saturated rings. The second kappa shape index (κ2) is 9.76. The van der Waals surface area contributed by atoms with Gasteiger partial charge in [-0.1, -0.05) is 51.2 Å². The van der Waals surface area contributed by atoms with E-state index in [0.717, 1.165) is 19.3 Å². The van der Waals surface area contributed by atoms with Crippen LogP contribution in [0.2, 0.25) is 0 Å². The van der Waals surface area contributed by atoms with Crippen molar-refractivity contribution in [3.63, 3.8) is 0 Å². The third-order valence-corrected chi connectivity index (χ3v) is 3.53. The van der Waals surface area contributed by atoms with Gasteiger partial charge in [0.15, 0.2) is 0 Å². The SMILES string of the molecule is CCCCCCCC/C=C/CCC1CC(=O)OC1=O. The molecule has 108 valence electrons. The van der Waals surface area contributed by atoms with Crippen molar-refractivity contribution in [1.82, 2.24) is 0 Å². The van der Waals surface area contributed by atoms with Gasteiger partial charge in [-0.3, -0.25) is 9.59 Å². The number of cyclic esters (lactones) is 2. The summed E-state index contributed by atoms with van der Waals surface area (Å²) in [5, 5.41) is 0. The first kappa shape index (κ1) is 15.9. The lowest BCUT2D eigenvalue weighted by Crippen LogP contribution is -2.06. The van der Waals surface area contributed by atoms with Crippen LogP contribution < -0.4 is 0 Å². The Bertz CT molecular complexity index is 307. The molecule has 0 radical (unpaired) electrons. The molecule has 1 unspecified atom stereocenters. The highest BCUT2D eigenvalue weighted by atomic mass is 16.6. The van der Waals surface area contributed by atoms with Crippen LogP contribution in [0.3, 0.4) is 0 Å². The molecule has 1 atom stereocenters. The largest absolute Gasteiger partial charge is 0.393 e. The van der Waals surface area contributed by atoms with Crippen molar-refractivity contribution < 1.29 is 14.3 Å². The Hall–Kier alpha value is -1.12. The van der Waals surface area contributed by atoms with Gasteiger partial charge in [-0.05, 0) is 25.7 Å². The first-order valence-corrected chi connectivity index (χ1v) is 7.63. The number of allylic oxidation sites excluding steroid dienone is 2. The van der Waals surface area contributed by atoms with E-state index in [9.17, 15) is 9.59 Å². The fourth-order valence-corrected chi connectivity index (χ4v) is 2.32. The molecule has 0 bridgehead atoms. The minimum Gasteiger partial charge on any atom is -0.393 e. The minimum absolute atomic E-state index is 0.203. The number of carbonyl (C=O) groups excluding carboxylic acids is 2. The van der Waals surface area contributed by atoms with Crippen molar-refractivity contribution in [3.05, 3.63) is 12.2 Å². The highest BCUT2D eigenvalue weighted by Crippen LogP contribution is 2.21. The van der Waals surface area contributed by atoms with Gasteiger partial charge >= 0.3 is 11.9 Å². The van der Waals surface area contributed by atoms with Crippen LogP contribution in [0.5, 0.6) is 0 Å². The minimum atomic E-state index is -0.369. The van der Waals surface area contributed by atoms with Crippen molar-refractivity contribution in [2.24, 2.45) is 5.92 Å². The normalized spacial score (nSPS) is 19.3. The van der Waals surface area contributed by atoms with Gasteiger partial charge in [0.1, 0.15) is 0 Å². The molecule has 3 heteroatoms. The maximum absolute atomic E-state index is 11.2. The summed E-state index contributed by atoms with van der Waals surface area (Å²) in [6.07, 6.45) is 15.2. The number of hydrogen-bond donors (Lipinski definition) is 0. The predicted molar refractivity (Wildman–Crippen MR) is 75.6 cm³/mol. The molecule has 0 aromatic heterocycles. The quantitative estimate of drug-likeness (QED) is 0.258. The van der Waals surface area contributed by atoms with Crippen LogP contribution in [0.4, 0.5) is 0 Å². The van der Waals surface area contributed by atoms with Crippen LogP contribution in [-0.2, 0) is 14.3 Å². The maximum atomic E-state index is 11.2. The second-order valence-electron chi connectivity index (χ2n) is 5.30. The van der Waals surface area contributed by atoms with Crippen LogP contribution in [-0.4, -0.2) is 11.9 Å². The van der Waals surface area contributed by atoms with Crippen LogP contribution in [0, 0.1) is 5.92 Å². The molecular weight excluding hydrogens is 240 g/mol. The summed E-state index contributed by atoms with van der Waals surface area (Å²) in [5.74, 6) is -0.911. The van der Waals surface area contributed by atoms with Crippen molar-refractivity contribution in [2.45, 2.75) is 71.1 Å². The molecule has 0 spiro atoms. The fraction of sp³-hybridized carbons (Fsp3) is 0.750. The number of carbonyl (C=O) groups is 2. The lowest BCUT2D eigenvalue weighted by molar-refractivity contribution is -0.153. The lowest BCUT2D eigenvalue weighted by Gasteiger charge is -2.00. The molecule has 1 aliphatic heterocycles. The van der Waals surface area contributed by atoms with E-state index >= 15 is 0 Å². The Morgan fingerprint density at radius 1 is 1.05 bits per heavy atom. The summed E-state index contributed by atoms with van der Waals surface area (Å²) in [5.41, 5.74) is 0. The van der Waals surface area contributed by atoms with E-state index in [2.05, 4.69) is 23.8 Å². The summed E-state index contributed by atoms with van der Waals surface area (Å²) < 4.78 is 4.51. The van der Waals surface area contributed by atoms with Crippen molar-refractivity contribution in [3.8, 4) is 0 Å². The topological polar surface area (TPSA) is 43.4 Å². The summed E-state index contributed by atoms with van der Waals surface area (Å²) in [4.78, 5) is 22.1. The molecule has 0 aromatic rings. The summed E-state index contributed by atoms with van der Waals surface area (Å²) in [6.45, 7) is 2.23. The zero-order valence-corrected chi connectivity index (χ0v) is 12.0. The zero-order valence-electron chi connectivity index (χ0n) is 12.0. The third-order valence-electron chi connectivity index (χ3n) is 3.53. The molecule has 0 aromatic carbocycles. The van der Waals surface area contributed by atoms with Gasteiger partial charge in [-0.25, -0.2) is 0 Å². The van der Waals surface area contributed by atoms with Crippen molar-refractivity contribution >= 4 is 11.9 Å². The van der Waals surface area contributed by atoms with E-state index in [4.69, 9.17) is 0 Å².